The van der Waals surface area contributed by atoms with Crippen molar-refractivity contribution in [1.29, 1.82) is 0 Å². The Morgan fingerprint density at radius 2 is 0.500 bits per heavy atom. The van der Waals surface area contributed by atoms with Crippen LogP contribution in [-0.4, -0.2) is 16.1 Å². The Bertz CT molecular complexity index is 2900. The van der Waals surface area contributed by atoms with Crippen molar-refractivity contribution in [1.82, 2.24) is 0 Å². The molecule has 0 spiro atoms. The summed E-state index contributed by atoms with van der Waals surface area (Å²) in [6.07, 6.45) is 1.17. The zero-order valence-corrected chi connectivity index (χ0v) is 38.3. The Hall–Kier alpha value is -6.59. The SMILES string of the molecule is C[Si](CCC[Si](c1ccccc1)(C1c2ccccc2-c2ccccc21)C1c2ccccc2-c2ccccc21)(C1c2ccccc2-c2ccccc21)C1c2ccccc2-c2ccccc21. The van der Waals surface area contributed by atoms with E-state index in [1.54, 1.807) is 27.4 Å². The molecule has 4 aliphatic carbocycles. The van der Waals surface area contributed by atoms with Crippen molar-refractivity contribution in [3.05, 3.63) is 269 Å². The summed E-state index contributed by atoms with van der Waals surface area (Å²) in [4.78, 5) is 0. The molecule has 4 aliphatic rings. The van der Waals surface area contributed by atoms with Gasteiger partial charge in [0, 0.05) is 22.2 Å². The second-order valence-corrected chi connectivity index (χ2v) is 28.2. The van der Waals surface area contributed by atoms with E-state index in [4.69, 9.17) is 0 Å². The fraction of sp³-hybridized carbons (Fsp3) is 0.129. The van der Waals surface area contributed by atoms with Gasteiger partial charge in [-0.15, -0.1) is 0 Å². The van der Waals surface area contributed by atoms with Crippen LogP contribution in [0.1, 0.15) is 73.1 Å². The summed E-state index contributed by atoms with van der Waals surface area (Å²) >= 11 is 0. The van der Waals surface area contributed by atoms with Gasteiger partial charge in [-0.1, -0.05) is 255 Å². The van der Waals surface area contributed by atoms with E-state index < -0.39 is 16.1 Å². The highest BCUT2D eigenvalue weighted by atomic mass is 28.3. The van der Waals surface area contributed by atoms with Gasteiger partial charge in [-0.05, 0) is 89.0 Å². The third kappa shape index (κ3) is 5.33. The van der Waals surface area contributed by atoms with Crippen molar-refractivity contribution in [2.24, 2.45) is 0 Å². The van der Waals surface area contributed by atoms with Gasteiger partial charge in [-0.25, -0.2) is 0 Å². The lowest BCUT2D eigenvalue weighted by Gasteiger charge is -2.46. The molecule has 9 aromatic rings. The smallest absolute Gasteiger partial charge is 0.0677 e. The molecule has 64 heavy (non-hydrogen) atoms. The average Bonchev–Trinajstić information content (AvgIpc) is 4.09. The number of hydrogen-bond donors (Lipinski definition) is 0. The fourth-order valence-electron chi connectivity index (χ4n) is 14.1. The molecule has 306 valence electrons. The minimum absolute atomic E-state index is 0.292. The van der Waals surface area contributed by atoms with Crippen LogP contribution in [0, 0.1) is 0 Å². The molecule has 0 saturated carbocycles. The normalized spacial score (nSPS) is 14.9. The number of benzene rings is 9. The van der Waals surface area contributed by atoms with Crippen LogP contribution in [0.3, 0.4) is 0 Å². The lowest BCUT2D eigenvalue weighted by atomic mass is 10.1. The van der Waals surface area contributed by atoms with Crippen molar-refractivity contribution < 1.29 is 0 Å². The lowest BCUT2D eigenvalue weighted by Crippen LogP contribution is -2.58. The molecular formula is C62H50Si2. The summed E-state index contributed by atoms with van der Waals surface area (Å²) in [7, 11) is -5.19. The van der Waals surface area contributed by atoms with E-state index in [0.717, 1.165) is 0 Å². The molecule has 9 aromatic carbocycles. The fourth-order valence-corrected chi connectivity index (χ4v) is 26.8. The molecule has 0 heterocycles. The van der Waals surface area contributed by atoms with Gasteiger partial charge < -0.3 is 0 Å². The highest BCUT2D eigenvalue weighted by Gasteiger charge is 2.57. The molecule has 0 aromatic heterocycles. The third-order valence-corrected chi connectivity index (χ3v) is 27.5. The molecule has 0 N–H and O–H groups in total. The summed E-state index contributed by atoms with van der Waals surface area (Å²) in [5, 5.41) is 1.58. The van der Waals surface area contributed by atoms with Crippen LogP contribution in [0.5, 0.6) is 0 Å². The highest BCUT2D eigenvalue weighted by molar-refractivity contribution is 6.95. The summed E-state index contributed by atoms with van der Waals surface area (Å²) < 4.78 is 0. The standard InChI is InChI=1S/C62H50Si2/c1-63(59-51-32-13-5-24-43(51)44-25-6-14-33-52(44)59,60-53-34-15-7-26-45(53)46-27-8-16-35-54(46)60)40-21-41-64(42-22-3-2-4-23-42,61-55-36-17-9-28-47(55)48-29-10-18-37-56(48)61)62-57-38-19-11-30-49(57)50-31-12-20-39-58(50)62/h2-20,22-39,59-62H,21,40-41H2,1H3. The van der Waals surface area contributed by atoms with E-state index in [1.807, 2.05) is 0 Å². The first-order valence-corrected chi connectivity index (χ1v) is 28.7. The van der Waals surface area contributed by atoms with Crippen molar-refractivity contribution >= 4 is 21.3 Å². The average molecular weight is 851 g/mol. The monoisotopic (exact) mass is 850 g/mol. The second-order valence-electron chi connectivity index (χ2n) is 19.2. The second kappa shape index (κ2) is 14.7. The number of fused-ring (bicyclic) bond motifs is 12. The molecule has 0 radical (unpaired) electrons. The molecule has 0 atom stereocenters. The maximum Gasteiger partial charge on any atom is 0.110 e. The molecule has 0 saturated heterocycles. The van der Waals surface area contributed by atoms with Crippen LogP contribution in [0.4, 0.5) is 0 Å². The molecule has 13 rings (SSSR count). The molecule has 0 aliphatic heterocycles. The summed E-state index contributed by atoms with van der Waals surface area (Å²) in [6.45, 7) is 2.83. The third-order valence-electron chi connectivity index (χ3n) is 16.3. The van der Waals surface area contributed by atoms with E-state index in [2.05, 4.69) is 231 Å². The van der Waals surface area contributed by atoms with Gasteiger partial charge in [0.05, 0.1) is 8.07 Å². The van der Waals surface area contributed by atoms with Crippen LogP contribution < -0.4 is 5.19 Å². The largest absolute Gasteiger partial charge is 0.110 e. The minimum atomic E-state index is -2.75. The van der Waals surface area contributed by atoms with Crippen molar-refractivity contribution in [3.8, 4) is 44.5 Å². The van der Waals surface area contributed by atoms with Crippen LogP contribution in [0.15, 0.2) is 224 Å². The topological polar surface area (TPSA) is 0 Å². The first-order chi connectivity index (χ1) is 31.7. The Morgan fingerprint density at radius 1 is 0.266 bits per heavy atom. The molecule has 0 fully saturated rings. The van der Waals surface area contributed by atoms with Gasteiger partial charge in [0.2, 0.25) is 0 Å². The Kier molecular flexibility index (Phi) is 8.73. The quantitative estimate of drug-likeness (QED) is 0.127. The van der Waals surface area contributed by atoms with E-state index >= 15 is 0 Å². The van der Waals surface area contributed by atoms with Gasteiger partial charge in [0.25, 0.3) is 0 Å². The maximum atomic E-state index is 2.83. The molecule has 0 amide bonds. The lowest BCUT2D eigenvalue weighted by molar-refractivity contribution is 0.886. The predicted molar refractivity (Wildman–Crippen MR) is 273 cm³/mol. The molecule has 0 bridgehead atoms. The van der Waals surface area contributed by atoms with E-state index in [9.17, 15) is 0 Å². The van der Waals surface area contributed by atoms with Gasteiger partial charge >= 0.3 is 0 Å². The van der Waals surface area contributed by atoms with E-state index in [-0.39, 0.29) is 0 Å². The predicted octanol–water partition coefficient (Wildman–Crippen LogP) is 15.2. The number of hydrogen-bond acceptors (Lipinski definition) is 0. The highest BCUT2D eigenvalue weighted by Crippen LogP contribution is 2.62. The van der Waals surface area contributed by atoms with Crippen LogP contribution >= 0.6 is 0 Å². The first-order valence-electron chi connectivity index (χ1n) is 23.5. The van der Waals surface area contributed by atoms with E-state index in [0.29, 0.717) is 22.2 Å². The van der Waals surface area contributed by atoms with Crippen LogP contribution in [-0.2, 0) is 0 Å². The van der Waals surface area contributed by atoms with Crippen LogP contribution in [0.25, 0.3) is 44.5 Å². The Labute approximate surface area is 380 Å². The van der Waals surface area contributed by atoms with Gasteiger partial charge in [-0.3, -0.25) is 0 Å². The van der Waals surface area contributed by atoms with Crippen molar-refractivity contribution in [2.75, 3.05) is 0 Å². The molecule has 0 unspecified atom stereocenters. The van der Waals surface area contributed by atoms with Crippen molar-refractivity contribution in [2.45, 2.75) is 47.2 Å². The summed E-state index contributed by atoms with van der Waals surface area (Å²) in [5.41, 5.74) is 25.1. The maximum absolute atomic E-state index is 2.83. The van der Waals surface area contributed by atoms with Crippen LogP contribution in [0.2, 0.25) is 18.6 Å². The molecule has 0 nitrogen and oxygen atoms in total. The first kappa shape index (κ1) is 37.9. The molecular weight excluding hydrogens is 801 g/mol. The van der Waals surface area contributed by atoms with Gasteiger partial charge in [0.1, 0.15) is 8.07 Å². The Morgan fingerprint density at radius 3 is 0.781 bits per heavy atom. The zero-order valence-electron chi connectivity index (χ0n) is 36.3. The molecule has 2 heteroatoms. The summed E-state index contributed by atoms with van der Waals surface area (Å²) in [6, 6.07) is 90.1. The van der Waals surface area contributed by atoms with Crippen molar-refractivity contribution in [3.63, 3.8) is 0 Å². The Balaban J connectivity index is 1.05. The zero-order chi connectivity index (χ0) is 42.4. The summed E-state index contributed by atoms with van der Waals surface area (Å²) in [5.74, 6) is 0. The van der Waals surface area contributed by atoms with Gasteiger partial charge in [-0.2, -0.15) is 0 Å². The minimum Gasteiger partial charge on any atom is -0.0677 e. The number of rotatable bonds is 9. The van der Waals surface area contributed by atoms with Gasteiger partial charge in [0.15, 0.2) is 0 Å². The van der Waals surface area contributed by atoms with E-state index in [1.165, 1.54) is 85.3 Å².